The van der Waals surface area contributed by atoms with Crippen molar-refractivity contribution in [3.05, 3.63) is 22.8 Å². The number of anilines is 1. The van der Waals surface area contributed by atoms with Gasteiger partial charge in [0.25, 0.3) is 0 Å². The number of pyridine rings is 1. The van der Waals surface area contributed by atoms with Gasteiger partial charge in [-0.1, -0.05) is 0 Å². The standard InChI is InChI=1S/C11H14BrN5/c12-9-4-2-6-17-10(9)15-11(16-17)14-7-8-3-1-5-13-8/h2,4,6,8,13H,1,3,5,7H2,(H,14,16). The fourth-order valence-electron chi connectivity index (χ4n) is 2.09. The zero-order valence-corrected chi connectivity index (χ0v) is 10.9. The maximum absolute atomic E-state index is 4.44. The minimum Gasteiger partial charge on any atom is -0.351 e. The van der Waals surface area contributed by atoms with Gasteiger partial charge in [-0.05, 0) is 47.4 Å². The molecule has 0 radical (unpaired) electrons. The van der Waals surface area contributed by atoms with Crippen molar-refractivity contribution in [2.75, 3.05) is 18.4 Å². The summed E-state index contributed by atoms with van der Waals surface area (Å²) in [5.74, 6) is 0.686. The molecule has 1 aliphatic rings. The molecule has 0 saturated carbocycles. The molecule has 2 aromatic heterocycles. The van der Waals surface area contributed by atoms with Crippen LogP contribution in [0.4, 0.5) is 5.95 Å². The normalized spacial score (nSPS) is 19.9. The largest absolute Gasteiger partial charge is 0.351 e. The Morgan fingerprint density at radius 2 is 2.53 bits per heavy atom. The highest BCUT2D eigenvalue weighted by Crippen LogP contribution is 2.16. The van der Waals surface area contributed by atoms with E-state index in [4.69, 9.17) is 0 Å². The molecule has 6 heteroatoms. The van der Waals surface area contributed by atoms with Crippen LogP contribution in [0.15, 0.2) is 22.8 Å². The SMILES string of the molecule is Brc1cccn2nc(NCC3CCCN3)nc12. The smallest absolute Gasteiger partial charge is 0.243 e. The molecular weight excluding hydrogens is 282 g/mol. The third-order valence-electron chi connectivity index (χ3n) is 2.98. The van der Waals surface area contributed by atoms with Gasteiger partial charge in [0, 0.05) is 18.8 Å². The van der Waals surface area contributed by atoms with Crippen molar-refractivity contribution in [2.24, 2.45) is 0 Å². The highest BCUT2D eigenvalue weighted by atomic mass is 79.9. The van der Waals surface area contributed by atoms with E-state index in [0.717, 1.165) is 23.2 Å². The van der Waals surface area contributed by atoms with E-state index in [1.807, 2.05) is 18.3 Å². The molecule has 1 saturated heterocycles. The number of fused-ring (bicyclic) bond motifs is 1. The number of hydrogen-bond donors (Lipinski definition) is 2. The van der Waals surface area contributed by atoms with Crippen molar-refractivity contribution in [1.82, 2.24) is 19.9 Å². The van der Waals surface area contributed by atoms with Gasteiger partial charge in [-0.3, -0.25) is 0 Å². The second-order valence-electron chi connectivity index (χ2n) is 4.23. The van der Waals surface area contributed by atoms with Crippen LogP contribution < -0.4 is 10.6 Å². The van der Waals surface area contributed by atoms with Crippen molar-refractivity contribution >= 4 is 27.5 Å². The highest BCUT2D eigenvalue weighted by molar-refractivity contribution is 9.10. The predicted molar refractivity (Wildman–Crippen MR) is 70.2 cm³/mol. The quantitative estimate of drug-likeness (QED) is 0.904. The molecule has 5 nitrogen and oxygen atoms in total. The van der Waals surface area contributed by atoms with Gasteiger partial charge in [0.15, 0.2) is 5.65 Å². The first kappa shape index (κ1) is 11.0. The number of hydrogen-bond acceptors (Lipinski definition) is 4. The van der Waals surface area contributed by atoms with Crippen LogP contribution in [-0.4, -0.2) is 33.7 Å². The Hall–Kier alpha value is -1.14. The van der Waals surface area contributed by atoms with Crippen molar-refractivity contribution in [1.29, 1.82) is 0 Å². The molecule has 0 aliphatic carbocycles. The first-order valence-corrected chi connectivity index (χ1v) is 6.60. The first-order valence-electron chi connectivity index (χ1n) is 5.81. The molecule has 17 heavy (non-hydrogen) atoms. The van der Waals surface area contributed by atoms with E-state index in [2.05, 4.69) is 36.6 Å². The maximum atomic E-state index is 4.44. The van der Waals surface area contributed by atoms with E-state index in [1.165, 1.54) is 12.8 Å². The summed E-state index contributed by atoms with van der Waals surface area (Å²) in [5, 5.41) is 11.1. The Balaban J connectivity index is 1.74. The summed E-state index contributed by atoms with van der Waals surface area (Å²) in [6, 6.07) is 4.45. The van der Waals surface area contributed by atoms with Gasteiger partial charge in [0.1, 0.15) is 0 Å². The van der Waals surface area contributed by atoms with Crippen LogP contribution >= 0.6 is 15.9 Å². The molecule has 2 aromatic rings. The van der Waals surface area contributed by atoms with Crippen LogP contribution in [0.2, 0.25) is 0 Å². The van der Waals surface area contributed by atoms with Gasteiger partial charge in [-0.2, -0.15) is 4.98 Å². The summed E-state index contributed by atoms with van der Waals surface area (Å²) in [6.45, 7) is 2.00. The Bertz CT molecular complexity index is 518. The molecule has 0 bridgehead atoms. The molecule has 2 N–H and O–H groups in total. The van der Waals surface area contributed by atoms with E-state index in [9.17, 15) is 0 Å². The van der Waals surface area contributed by atoms with Crippen molar-refractivity contribution < 1.29 is 0 Å². The summed E-state index contributed by atoms with van der Waals surface area (Å²) >= 11 is 3.46. The van der Waals surface area contributed by atoms with Crippen LogP contribution in [0, 0.1) is 0 Å². The van der Waals surface area contributed by atoms with Gasteiger partial charge in [-0.15, -0.1) is 5.10 Å². The van der Waals surface area contributed by atoms with Crippen LogP contribution in [0.25, 0.3) is 5.65 Å². The van der Waals surface area contributed by atoms with Crippen LogP contribution in [0.3, 0.4) is 0 Å². The predicted octanol–water partition coefficient (Wildman–Crippen LogP) is 1.66. The van der Waals surface area contributed by atoms with E-state index < -0.39 is 0 Å². The Kier molecular flexibility index (Phi) is 2.98. The zero-order valence-electron chi connectivity index (χ0n) is 9.36. The minimum absolute atomic E-state index is 0.546. The second-order valence-corrected chi connectivity index (χ2v) is 5.09. The average molecular weight is 296 g/mol. The number of rotatable bonds is 3. The van der Waals surface area contributed by atoms with Gasteiger partial charge in [0.2, 0.25) is 5.95 Å². The van der Waals surface area contributed by atoms with Crippen molar-refractivity contribution in [3.8, 4) is 0 Å². The van der Waals surface area contributed by atoms with Crippen molar-refractivity contribution in [3.63, 3.8) is 0 Å². The zero-order chi connectivity index (χ0) is 11.7. The summed E-state index contributed by atoms with van der Waals surface area (Å²) in [4.78, 5) is 4.44. The number of aromatic nitrogens is 3. The molecular formula is C11H14BrN5. The number of halogens is 1. The van der Waals surface area contributed by atoms with Crippen LogP contribution in [-0.2, 0) is 0 Å². The summed E-state index contributed by atoms with van der Waals surface area (Å²) in [7, 11) is 0. The molecule has 1 aliphatic heterocycles. The average Bonchev–Trinajstić information content (AvgIpc) is 2.95. The van der Waals surface area contributed by atoms with Gasteiger partial charge >= 0.3 is 0 Å². The van der Waals surface area contributed by atoms with E-state index in [1.54, 1.807) is 4.52 Å². The fourth-order valence-corrected chi connectivity index (χ4v) is 2.52. The molecule has 1 atom stereocenters. The molecule has 1 unspecified atom stereocenters. The Labute approximate surface area is 108 Å². The highest BCUT2D eigenvalue weighted by Gasteiger charge is 2.14. The second kappa shape index (κ2) is 4.62. The lowest BCUT2D eigenvalue weighted by atomic mass is 10.2. The molecule has 90 valence electrons. The summed E-state index contributed by atoms with van der Waals surface area (Å²) in [5.41, 5.74) is 0.842. The molecule has 3 rings (SSSR count). The summed E-state index contributed by atoms with van der Waals surface area (Å²) in [6.07, 6.45) is 4.38. The van der Waals surface area contributed by atoms with Crippen LogP contribution in [0.1, 0.15) is 12.8 Å². The maximum Gasteiger partial charge on any atom is 0.243 e. The lowest BCUT2D eigenvalue weighted by Crippen LogP contribution is -2.29. The lowest BCUT2D eigenvalue weighted by molar-refractivity contribution is 0.631. The van der Waals surface area contributed by atoms with Gasteiger partial charge in [-0.25, -0.2) is 4.52 Å². The summed E-state index contributed by atoms with van der Waals surface area (Å²) < 4.78 is 2.73. The fraction of sp³-hybridized carbons (Fsp3) is 0.455. The molecule has 0 aromatic carbocycles. The van der Waals surface area contributed by atoms with Gasteiger partial charge in [0.05, 0.1) is 4.47 Å². The topological polar surface area (TPSA) is 54.2 Å². The van der Waals surface area contributed by atoms with E-state index in [0.29, 0.717) is 12.0 Å². The lowest BCUT2D eigenvalue weighted by Gasteiger charge is -2.09. The van der Waals surface area contributed by atoms with Gasteiger partial charge < -0.3 is 10.6 Å². The molecule has 1 fully saturated rings. The Morgan fingerprint density at radius 1 is 1.59 bits per heavy atom. The van der Waals surface area contributed by atoms with E-state index in [-0.39, 0.29) is 0 Å². The third kappa shape index (κ3) is 2.28. The van der Waals surface area contributed by atoms with E-state index >= 15 is 0 Å². The Morgan fingerprint density at radius 3 is 3.29 bits per heavy atom. The number of nitrogens with zero attached hydrogens (tertiary/aromatic N) is 3. The van der Waals surface area contributed by atoms with Crippen molar-refractivity contribution in [2.45, 2.75) is 18.9 Å². The minimum atomic E-state index is 0.546. The monoisotopic (exact) mass is 295 g/mol. The molecule has 3 heterocycles. The number of nitrogens with one attached hydrogen (secondary N) is 2. The third-order valence-corrected chi connectivity index (χ3v) is 3.60. The molecule has 0 amide bonds. The van der Waals surface area contributed by atoms with Crippen LogP contribution in [0.5, 0.6) is 0 Å². The molecule has 0 spiro atoms. The first-order chi connectivity index (χ1) is 8.33.